The highest BCUT2D eigenvalue weighted by atomic mass is 35.5. The lowest BCUT2D eigenvalue weighted by molar-refractivity contribution is -0.131. The Labute approximate surface area is 135 Å². The van der Waals surface area contributed by atoms with Crippen LogP contribution < -0.4 is 5.32 Å². The van der Waals surface area contributed by atoms with E-state index in [1.165, 1.54) is 57.8 Å². The summed E-state index contributed by atoms with van der Waals surface area (Å²) in [4.78, 5) is 14.5. The fourth-order valence-corrected chi connectivity index (χ4v) is 4.60. The smallest absolute Gasteiger partial charge is 0.222 e. The van der Waals surface area contributed by atoms with Crippen molar-refractivity contribution >= 4 is 18.3 Å². The number of hydrogen-bond acceptors (Lipinski definition) is 2. The molecule has 2 bridgehead atoms. The van der Waals surface area contributed by atoms with Crippen LogP contribution in [0.3, 0.4) is 0 Å². The molecule has 2 saturated heterocycles. The average Bonchev–Trinajstić information content (AvgIpc) is 2.79. The number of carbonyl (C=O) groups excluding carboxylic acids is 1. The number of fused-ring (bicyclic) bond motifs is 2. The van der Waals surface area contributed by atoms with Gasteiger partial charge in [-0.05, 0) is 50.4 Å². The number of piperidine rings is 1. The first-order valence-corrected chi connectivity index (χ1v) is 8.70. The number of nitrogens with one attached hydrogen (secondary N) is 1. The van der Waals surface area contributed by atoms with E-state index in [1.54, 1.807) is 0 Å². The van der Waals surface area contributed by atoms with Gasteiger partial charge < -0.3 is 10.2 Å². The summed E-state index contributed by atoms with van der Waals surface area (Å²) < 4.78 is 0. The summed E-state index contributed by atoms with van der Waals surface area (Å²) in [5.74, 6) is 1.79. The van der Waals surface area contributed by atoms with Crippen LogP contribution in [-0.2, 0) is 4.79 Å². The summed E-state index contributed by atoms with van der Waals surface area (Å²) in [6, 6.07) is 1.41. The van der Waals surface area contributed by atoms with Gasteiger partial charge in [0.2, 0.25) is 5.91 Å². The van der Waals surface area contributed by atoms with Crippen molar-refractivity contribution in [1.82, 2.24) is 10.2 Å². The van der Waals surface area contributed by atoms with E-state index in [0.29, 0.717) is 23.9 Å². The van der Waals surface area contributed by atoms with Gasteiger partial charge in [-0.1, -0.05) is 19.3 Å². The van der Waals surface area contributed by atoms with Crippen LogP contribution in [0.5, 0.6) is 0 Å². The molecule has 0 aromatic heterocycles. The molecule has 0 aromatic carbocycles. The first-order valence-electron chi connectivity index (χ1n) is 8.70. The fraction of sp³-hybridized carbons (Fsp3) is 0.941. The zero-order chi connectivity index (χ0) is 13.9. The third-order valence-corrected chi connectivity index (χ3v) is 5.72. The third kappa shape index (κ3) is 4.59. The third-order valence-electron chi connectivity index (χ3n) is 5.72. The van der Waals surface area contributed by atoms with Gasteiger partial charge in [-0.3, -0.25) is 4.79 Å². The average molecular weight is 315 g/mol. The summed E-state index contributed by atoms with van der Waals surface area (Å²) >= 11 is 0. The first kappa shape index (κ1) is 17.1. The summed E-state index contributed by atoms with van der Waals surface area (Å²) in [6.07, 6.45) is 12.7. The molecule has 3 fully saturated rings. The highest BCUT2D eigenvalue weighted by Crippen LogP contribution is 2.33. The zero-order valence-electron chi connectivity index (χ0n) is 13.4. The van der Waals surface area contributed by atoms with E-state index in [4.69, 9.17) is 0 Å². The van der Waals surface area contributed by atoms with E-state index in [1.807, 2.05) is 11.9 Å². The molecule has 1 N–H and O–H groups in total. The Hall–Kier alpha value is -0.280. The van der Waals surface area contributed by atoms with Crippen molar-refractivity contribution in [2.24, 2.45) is 11.8 Å². The maximum absolute atomic E-state index is 12.4. The molecule has 3 rings (SSSR count). The van der Waals surface area contributed by atoms with Gasteiger partial charge in [0.05, 0.1) is 0 Å². The quantitative estimate of drug-likeness (QED) is 0.863. The molecule has 0 radical (unpaired) electrons. The summed E-state index contributed by atoms with van der Waals surface area (Å²) in [5, 5.41) is 3.66. The topological polar surface area (TPSA) is 32.3 Å². The van der Waals surface area contributed by atoms with E-state index in [-0.39, 0.29) is 12.4 Å². The van der Waals surface area contributed by atoms with Crippen LogP contribution in [0.25, 0.3) is 0 Å². The highest BCUT2D eigenvalue weighted by molar-refractivity contribution is 5.85. The molecular weight excluding hydrogens is 284 g/mol. The van der Waals surface area contributed by atoms with Gasteiger partial charge in [0.1, 0.15) is 0 Å². The Balaban J connectivity index is 0.00000161. The SMILES string of the molecule is CN(CC1CCCCC1)C(=O)CC1CC2CCC(C1)N2.Cl. The van der Waals surface area contributed by atoms with Gasteiger partial charge in [-0.15, -0.1) is 12.4 Å². The van der Waals surface area contributed by atoms with E-state index in [2.05, 4.69) is 5.32 Å². The second kappa shape index (κ2) is 7.82. The van der Waals surface area contributed by atoms with E-state index in [9.17, 15) is 4.79 Å². The maximum Gasteiger partial charge on any atom is 0.222 e. The molecule has 4 heteroatoms. The van der Waals surface area contributed by atoms with E-state index < -0.39 is 0 Å². The minimum atomic E-state index is 0. The van der Waals surface area contributed by atoms with Crippen molar-refractivity contribution in [3.8, 4) is 0 Å². The van der Waals surface area contributed by atoms with Gasteiger partial charge in [0.25, 0.3) is 0 Å². The highest BCUT2D eigenvalue weighted by Gasteiger charge is 2.34. The molecule has 1 aliphatic carbocycles. The lowest BCUT2D eigenvalue weighted by atomic mass is 9.88. The van der Waals surface area contributed by atoms with Crippen molar-refractivity contribution in [3.63, 3.8) is 0 Å². The Kier molecular flexibility index (Phi) is 6.36. The predicted octanol–water partition coefficient (Wildman–Crippen LogP) is 3.37. The van der Waals surface area contributed by atoms with Crippen LogP contribution in [0.4, 0.5) is 0 Å². The zero-order valence-corrected chi connectivity index (χ0v) is 14.2. The first-order chi connectivity index (χ1) is 9.70. The molecule has 1 amide bonds. The molecule has 122 valence electrons. The maximum atomic E-state index is 12.4. The number of nitrogens with zero attached hydrogens (tertiary/aromatic N) is 1. The van der Waals surface area contributed by atoms with Crippen LogP contribution in [0.2, 0.25) is 0 Å². The number of hydrogen-bond donors (Lipinski definition) is 1. The number of carbonyl (C=O) groups is 1. The predicted molar refractivity (Wildman–Crippen MR) is 88.7 cm³/mol. The van der Waals surface area contributed by atoms with Crippen molar-refractivity contribution in [1.29, 1.82) is 0 Å². The van der Waals surface area contributed by atoms with Gasteiger partial charge >= 0.3 is 0 Å². The van der Waals surface area contributed by atoms with Crippen LogP contribution in [0.15, 0.2) is 0 Å². The molecule has 3 aliphatic rings. The lowest BCUT2D eigenvalue weighted by Crippen LogP contribution is -2.40. The fourth-order valence-electron chi connectivity index (χ4n) is 4.60. The molecule has 2 heterocycles. The van der Waals surface area contributed by atoms with Gasteiger partial charge in [0.15, 0.2) is 0 Å². The van der Waals surface area contributed by atoms with Crippen molar-refractivity contribution < 1.29 is 4.79 Å². The van der Waals surface area contributed by atoms with Crippen molar-refractivity contribution in [3.05, 3.63) is 0 Å². The molecule has 2 aliphatic heterocycles. The van der Waals surface area contributed by atoms with E-state index in [0.717, 1.165) is 18.9 Å². The number of halogens is 1. The monoisotopic (exact) mass is 314 g/mol. The Bertz CT molecular complexity index is 332. The Morgan fingerprint density at radius 3 is 2.24 bits per heavy atom. The van der Waals surface area contributed by atoms with Gasteiger partial charge in [0, 0.05) is 32.1 Å². The molecule has 2 unspecified atom stereocenters. The van der Waals surface area contributed by atoms with Crippen LogP contribution in [0, 0.1) is 11.8 Å². The molecule has 1 saturated carbocycles. The Morgan fingerprint density at radius 1 is 1.00 bits per heavy atom. The minimum Gasteiger partial charge on any atom is -0.345 e. The summed E-state index contributed by atoms with van der Waals surface area (Å²) in [5.41, 5.74) is 0. The van der Waals surface area contributed by atoms with Crippen LogP contribution in [-0.4, -0.2) is 36.5 Å². The molecule has 21 heavy (non-hydrogen) atoms. The van der Waals surface area contributed by atoms with E-state index >= 15 is 0 Å². The van der Waals surface area contributed by atoms with Gasteiger partial charge in [-0.2, -0.15) is 0 Å². The summed E-state index contributed by atoms with van der Waals surface area (Å²) in [6.45, 7) is 0.997. The molecule has 3 nitrogen and oxygen atoms in total. The molecule has 0 spiro atoms. The molecule has 0 aromatic rings. The standard InChI is InChI=1S/C17H30N2O.ClH/c1-19(12-13-5-3-2-4-6-13)17(20)11-14-9-15-7-8-16(10-14)18-15;/h13-16,18H,2-12H2,1H3;1H. The van der Waals surface area contributed by atoms with Crippen molar-refractivity contribution in [2.75, 3.05) is 13.6 Å². The van der Waals surface area contributed by atoms with Crippen molar-refractivity contribution in [2.45, 2.75) is 76.3 Å². The summed E-state index contributed by atoms with van der Waals surface area (Å²) in [7, 11) is 2.02. The van der Waals surface area contributed by atoms with Gasteiger partial charge in [-0.25, -0.2) is 0 Å². The minimum absolute atomic E-state index is 0. The lowest BCUT2D eigenvalue weighted by Gasteiger charge is -2.31. The van der Waals surface area contributed by atoms with Crippen LogP contribution in [0.1, 0.15) is 64.2 Å². The Morgan fingerprint density at radius 2 is 1.62 bits per heavy atom. The number of rotatable bonds is 4. The largest absolute Gasteiger partial charge is 0.345 e. The second-order valence-corrected chi connectivity index (χ2v) is 7.46. The van der Waals surface area contributed by atoms with Crippen LogP contribution >= 0.6 is 12.4 Å². The number of amides is 1. The second-order valence-electron chi connectivity index (χ2n) is 7.46. The molecule has 2 atom stereocenters. The normalized spacial score (nSPS) is 32.5. The molecular formula is C17H31ClN2O.